The first-order valence-corrected chi connectivity index (χ1v) is 4.13. The molecule has 12 heavy (non-hydrogen) atoms. The van der Waals surface area contributed by atoms with E-state index in [1.165, 1.54) is 0 Å². The van der Waals surface area contributed by atoms with Crippen LogP contribution in [-0.2, 0) is 4.79 Å². The van der Waals surface area contributed by atoms with E-state index in [9.17, 15) is 4.79 Å². The molecule has 0 saturated heterocycles. The summed E-state index contributed by atoms with van der Waals surface area (Å²) in [6.07, 6.45) is 1.97. The summed E-state index contributed by atoms with van der Waals surface area (Å²) in [7, 11) is 0. The fourth-order valence-electron chi connectivity index (χ4n) is 0.906. The highest BCUT2D eigenvalue weighted by molar-refractivity contribution is 5.76. The van der Waals surface area contributed by atoms with E-state index in [2.05, 4.69) is 5.32 Å². The molecule has 0 aliphatic heterocycles. The molecule has 7 N–H and O–H groups in total. The summed E-state index contributed by atoms with van der Waals surface area (Å²) < 4.78 is 0. The van der Waals surface area contributed by atoms with Gasteiger partial charge in [-0.3, -0.25) is 4.79 Å². The molecule has 0 heterocycles. The third-order valence-corrected chi connectivity index (χ3v) is 1.53. The van der Waals surface area contributed by atoms with Gasteiger partial charge < -0.3 is 22.5 Å². The Morgan fingerprint density at radius 1 is 1.42 bits per heavy atom. The lowest BCUT2D eigenvalue weighted by Gasteiger charge is -2.09. The van der Waals surface area contributed by atoms with E-state index in [-0.39, 0.29) is 18.6 Å². The summed E-state index contributed by atoms with van der Waals surface area (Å²) >= 11 is 0. The minimum Gasteiger partial charge on any atom is -0.344 e. The third kappa shape index (κ3) is 6.09. The first kappa shape index (κ1) is 11.4. The summed E-state index contributed by atoms with van der Waals surface area (Å²) in [6.45, 7) is 0.786. The van der Waals surface area contributed by atoms with Crippen molar-refractivity contribution in [2.45, 2.75) is 25.3 Å². The molecule has 0 unspecified atom stereocenters. The van der Waals surface area contributed by atoms with Crippen molar-refractivity contribution in [1.29, 1.82) is 0 Å². The van der Waals surface area contributed by atoms with Gasteiger partial charge in [-0.2, -0.15) is 0 Å². The summed E-state index contributed by atoms with van der Waals surface area (Å²) in [5.41, 5.74) is 16.0. The molecule has 5 heteroatoms. The van der Waals surface area contributed by atoms with Gasteiger partial charge in [-0.25, -0.2) is 0 Å². The number of rotatable bonds is 6. The van der Waals surface area contributed by atoms with E-state index in [0.717, 1.165) is 12.8 Å². The van der Waals surface area contributed by atoms with E-state index in [0.29, 0.717) is 13.0 Å². The zero-order valence-corrected chi connectivity index (χ0v) is 7.25. The van der Waals surface area contributed by atoms with Crippen molar-refractivity contribution >= 4 is 5.91 Å². The molecule has 5 nitrogen and oxygen atoms in total. The number of carbonyl (C=O) groups excluding carboxylic acids is 1. The molecule has 0 aliphatic rings. The van der Waals surface area contributed by atoms with Gasteiger partial charge in [0.05, 0.1) is 6.67 Å². The Hall–Kier alpha value is -0.650. The van der Waals surface area contributed by atoms with Gasteiger partial charge in [-0.1, -0.05) is 0 Å². The summed E-state index contributed by atoms with van der Waals surface area (Å²) in [6, 6.07) is -0.0971. The standard InChI is InChI=1S/C7H18N4O/c8-3-1-2-6(10)4-7(12)11-5-9/h6H,1-5,8-10H2,(H,11,12)/t6-/m1/s1/i8+1,9+1,10+1,11+1. The van der Waals surface area contributed by atoms with Crippen molar-refractivity contribution in [3.8, 4) is 0 Å². The van der Waals surface area contributed by atoms with Gasteiger partial charge >= 0.3 is 0 Å². The summed E-state index contributed by atoms with van der Waals surface area (Å²) in [5, 5.41) is 2.48. The predicted molar refractivity (Wildman–Crippen MR) is 48.1 cm³/mol. The Bertz CT molecular complexity index is 129. The van der Waals surface area contributed by atoms with Crippen LogP contribution < -0.4 is 22.5 Å². The molecular formula is C7H18N4O. The second-order valence-electron chi connectivity index (χ2n) is 2.70. The van der Waals surface area contributed by atoms with Crippen molar-refractivity contribution in [2.75, 3.05) is 13.2 Å². The molecule has 1 atom stereocenters. The van der Waals surface area contributed by atoms with Crippen LogP contribution in [0.2, 0.25) is 0 Å². The molecule has 0 spiro atoms. The molecular weight excluding hydrogens is 160 g/mol. The van der Waals surface area contributed by atoms with Gasteiger partial charge in [-0.15, -0.1) is 0 Å². The van der Waals surface area contributed by atoms with E-state index in [1.54, 1.807) is 0 Å². The largest absolute Gasteiger partial charge is 0.344 e. The van der Waals surface area contributed by atoms with Gasteiger partial charge in [0, 0.05) is 12.5 Å². The SMILES string of the molecule is [15NH2]CCC[C@@H]([15NH2])CC(=O)[15NH]C[15NH2]. The second kappa shape index (κ2) is 7.02. The van der Waals surface area contributed by atoms with Crippen LogP contribution in [0.5, 0.6) is 0 Å². The summed E-state index contributed by atoms with van der Waals surface area (Å²) in [5.74, 6) is -0.0954. The topological polar surface area (TPSA) is 107 Å². The van der Waals surface area contributed by atoms with Crippen LogP contribution in [0.25, 0.3) is 0 Å². The Morgan fingerprint density at radius 2 is 2.08 bits per heavy atom. The number of nitrogens with one attached hydrogen (secondary N) is 1. The number of hydrogen-bond donors (Lipinski definition) is 4. The normalized spacial score (nSPS) is 12.6. The molecule has 0 radical (unpaired) electrons. The lowest BCUT2D eigenvalue weighted by Crippen LogP contribution is -2.34. The van der Waals surface area contributed by atoms with E-state index < -0.39 is 0 Å². The van der Waals surface area contributed by atoms with Crippen LogP contribution in [-0.4, -0.2) is 25.2 Å². The van der Waals surface area contributed by atoms with Crippen molar-refractivity contribution in [2.24, 2.45) is 17.2 Å². The van der Waals surface area contributed by atoms with Crippen molar-refractivity contribution in [3.05, 3.63) is 0 Å². The average molecular weight is 178 g/mol. The van der Waals surface area contributed by atoms with Crippen molar-refractivity contribution in [3.63, 3.8) is 0 Å². The quantitative estimate of drug-likeness (QED) is 0.292. The third-order valence-electron chi connectivity index (χ3n) is 1.53. The molecule has 0 bridgehead atoms. The Morgan fingerprint density at radius 3 is 2.58 bits per heavy atom. The number of hydrogen-bond acceptors (Lipinski definition) is 4. The van der Waals surface area contributed by atoms with E-state index in [1.807, 2.05) is 0 Å². The molecule has 0 fully saturated rings. The zero-order valence-electron chi connectivity index (χ0n) is 7.25. The smallest absolute Gasteiger partial charge is 0.222 e. The zero-order chi connectivity index (χ0) is 9.40. The lowest BCUT2D eigenvalue weighted by molar-refractivity contribution is -0.121. The fourth-order valence-corrected chi connectivity index (χ4v) is 0.906. The lowest BCUT2D eigenvalue weighted by atomic mass is 10.1. The minimum atomic E-state index is -0.0971. The molecule has 0 aliphatic carbocycles. The predicted octanol–water partition coefficient (Wildman–Crippen LogP) is -1.52. The Labute approximate surface area is 72.7 Å². The van der Waals surface area contributed by atoms with Crippen LogP contribution in [0.15, 0.2) is 0 Å². The van der Waals surface area contributed by atoms with Crippen molar-refractivity contribution < 1.29 is 4.79 Å². The van der Waals surface area contributed by atoms with Crippen LogP contribution in [0.3, 0.4) is 0 Å². The van der Waals surface area contributed by atoms with Gasteiger partial charge in [0.2, 0.25) is 5.91 Å². The fraction of sp³-hybridized carbons (Fsp3) is 0.857. The monoisotopic (exact) mass is 178 g/mol. The Kier molecular flexibility index (Phi) is 6.64. The molecule has 0 aromatic heterocycles. The van der Waals surface area contributed by atoms with Gasteiger partial charge in [0.1, 0.15) is 0 Å². The maximum atomic E-state index is 10.9. The molecule has 0 aromatic rings. The van der Waals surface area contributed by atoms with Gasteiger partial charge in [0.15, 0.2) is 0 Å². The van der Waals surface area contributed by atoms with E-state index >= 15 is 0 Å². The number of carbonyl (C=O) groups is 1. The average Bonchev–Trinajstić information content (AvgIpc) is 2.01. The number of amides is 1. The van der Waals surface area contributed by atoms with Crippen LogP contribution in [0.4, 0.5) is 0 Å². The summed E-state index contributed by atoms with van der Waals surface area (Å²) in [4.78, 5) is 10.9. The minimum absolute atomic E-state index is 0.0954. The highest BCUT2D eigenvalue weighted by Gasteiger charge is 2.07. The van der Waals surface area contributed by atoms with Crippen molar-refractivity contribution in [1.82, 2.24) is 5.32 Å². The van der Waals surface area contributed by atoms with Gasteiger partial charge in [-0.05, 0) is 19.4 Å². The first-order chi connectivity index (χ1) is 5.70. The maximum absolute atomic E-state index is 10.9. The molecule has 0 saturated carbocycles. The van der Waals surface area contributed by atoms with E-state index in [4.69, 9.17) is 17.2 Å². The van der Waals surface area contributed by atoms with Crippen LogP contribution >= 0.6 is 0 Å². The number of nitrogens with two attached hydrogens (primary N) is 3. The second-order valence-corrected chi connectivity index (χ2v) is 2.70. The molecule has 72 valence electrons. The van der Waals surface area contributed by atoms with Gasteiger partial charge in [0.25, 0.3) is 0 Å². The highest BCUT2D eigenvalue weighted by atomic mass is 16.2. The van der Waals surface area contributed by atoms with Crippen LogP contribution in [0, 0.1) is 0 Å². The highest BCUT2D eigenvalue weighted by Crippen LogP contribution is 1.97. The van der Waals surface area contributed by atoms with Crippen LogP contribution in [0.1, 0.15) is 19.3 Å². The first-order valence-electron chi connectivity index (χ1n) is 4.13. The molecule has 1 amide bonds. The maximum Gasteiger partial charge on any atom is 0.222 e. The molecule has 0 rings (SSSR count). The Balaban J connectivity index is 3.40. The molecule has 0 aromatic carbocycles.